The van der Waals surface area contributed by atoms with Crippen molar-refractivity contribution >= 4 is 29.8 Å². The Bertz CT molecular complexity index is 847. The van der Waals surface area contributed by atoms with Crippen molar-refractivity contribution < 1.29 is 19.2 Å². The zero-order valence-electron chi connectivity index (χ0n) is 20.0. The molecule has 34 heavy (non-hydrogen) atoms. The maximum atomic E-state index is 12.2. The molecule has 0 spiro atoms. The number of carbonyl (C=O) groups excluding carboxylic acids is 4. The lowest BCUT2D eigenvalue weighted by molar-refractivity contribution is -0.131. The van der Waals surface area contributed by atoms with Crippen LogP contribution in [-0.2, 0) is 14.4 Å². The van der Waals surface area contributed by atoms with E-state index >= 15 is 0 Å². The summed E-state index contributed by atoms with van der Waals surface area (Å²) in [5.41, 5.74) is 2.00. The lowest BCUT2D eigenvalue weighted by Crippen LogP contribution is -2.46. The van der Waals surface area contributed by atoms with Crippen LogP contribution in [0.2, 0.25) is 0 Å². The first-order valence-corrected chi connectivity index (χ1v) is 11.2. The van der Waals surface area contributed by atoms with Crippen molar-refractivity contribution in [2.45, 2.75) is 66.3 Å². The second-order valence-electron chi connectivity index (χ2n) is 7.80. The van der Waals surface area contributed by atoms with Crippen molar-refractivity contribution in [3.8, 4) is 0 Å². The maximum absolute atomic E-state index is 12.2. The van der Waals surface area contributed by atoms with Crippen LogP contribution in [0.4, 0.5) is 5.69 Å². The first-order chi connectivity index (χ1) is 15.8. The molecular formula is C26H40N4O4. The van der Waals surface area contributed by atoms with Gasteiger partial charge < -0.3 is 20.9 Å². The van der Waals surface area contributed by atoms with Gasteiger partial charge >= 0.3 is 0 Å². The van der Waals surface area contributed by atoms with Gasteiger partial charge in [0.05, 0.1) is 0 Å². The molecule has 8 heteroatoms. The Labute approximate surface area is 203 Å². The van der Waals surface area contributed by atoms with Gasteiger partial charge in [-0.2, -0.15) is 0 Å². The Morgan fingerprint density at radius 1 is 1.12 bits per heavy atom. The highest BCUT2D eigenvalue weighted by Crippen LogP contribution is 2.13. The highest BCUT2D eigenvalue weighted by molar-refractivity contribution is 5.98. The molecular weight excluding hydrogens is 432 g/mol. The Balaban J connectivity index is 0.000000723. The Morgan fingerprint density at radius 2 is 1.79 bits per heavy atom. The summed E-state index contributed by atoms with van der Waals surface area (Å²) in [5.74, 6) is -0.329. The number of hydrogen-bond donors (Lipinski definition) is 3. The van der Waals surface area contributed by atoms with Crippen LogP contribution in [0.15, 0.2) is 48.2 Å². The minimum absolute atomic E-state index is 0. The first-order valence-electron chi connectivity index (χ1n) is 11.2. The summed E-state index contributed by atoms with van der Waals surface area (Å²) >= 11 is 0. The van der Waals surface area contributed by atoms with E-state index in [4.69, 9.17) is 0 Å². The second kappa shape index (κ2) is 17.1. The summed E-state index contributed by atoms with van der Waals surface area (Å²) in [6, 6.07) is 6.06. The van der Waals surface area contributed by atoms with Crippen LogP contribution in [-0.4, -0.2) is 48.7 Å². The van der Waals surface area contributed by atoms with Gasteiger partial charge in [0.1, 0.15) is 6.04 Å². The molecule has 3 N–H and O–H groups in total. The molecule has 1 aromatic carbocycles. The van der Waals surface area contributed by atoms with Gasteiger partial charge in [-0.25, -0.2) is 0 Å². The first kappa shape index (κ1) is 30.6. The molecule has 1 saturated heterocycles. The number of rotatable bonds is 8. The van der Waals surface area contributed by atoms with Gasteiger partial charge in [0.25, 0.3) is 5.91 Å². The quantitative estimate of drug-likeness (QED) is 0.392. The molecule has 1 atom stereocenters. The summed E-state index contributed by atoms with van der Waals surface area (Å²) in [4.78, 5) is 46.8. The number of allylic oxidation sites excluding steroid dienone is 4. The van der Waals surface area contributed by atoms with Crippen molar-refractivity contribution in [3.63, 3.8) is 0 Å². The maximum Gasteiger partial charge on any atom is 0.251 e. The minimum atomic E-state index is -0.460. The van der Waals surface area contributed by atoms with E-state index in [1.807, 2.05) is 13.0 Å². The van der Waals surface area contributed by atoms with Crippen LogP contribution in [0.5, 0.6) is 0 Å². The molecule has 0 saturated carbocycles. The van der Waals surface area contributed by atoms with Crippen LogP contribution in [0.25, 0.3) is 0 Å². The Kier molecular flexibility index (Phi) is 15.4. The highest BCUT2D eigenvalue weighted by atomic mass is 16.2. The molecule has 1 heterocycles. The third-order valence-electron chi connectivity index (χ3n) is 4.92. The topological polar surface area (TPSA) is 108 Å². The fourth-order valence-electron chi connectivity index (χ4n) is 3.19. The number of benzene rings is 1. The van der Waals surface area contributed by atoms with Gasteiger partial charge in [-0.3, -0.25) is 19.2 Å². The fraction of sp³-hybridized carbons (Fsp3) is 0.462. The second-order valence-corrected chi connectivity index (χ2v) is 7.80. The molecule has 1 aliphatic rings. The number of likely N-dealkylation sites (tertiary alicyclic amines) is 1. The Morgan fingerprint density at radius 3 is 2.38 bits per heavy atom. The normalized spacial score (nSPS) is 15.9. The number of hydrogen-bond acceptors (Lipinski definition) is 4. The third-order valence-corrected chi connectivity index (χ3v) is 4.92. The van der Waals surface area contributed by atoms with Crippen LogP contribution < -0.4 is 16.0 Å². The van der Waals surface area contributed by atoms with Crippen LogP contribution in [0.1, 0.15) is 70.7 Å². The van der Waals surface area contributed by atoms with E-state index in [0.29, 0.717) is 24.1 Å². The number of carbonyl (C=O) groups is 4. The number of anilines is 1. The monoisotopic (exact) mass is 472 g/mol. The number of amides is 4. The van der Waals surface area contributed by atoms with E-state index in [1.165, 1.54) is 6.92 Å². The van der Waals surface area contributed by atoms with Gasteiger partial charge in [-0.05, 0) is 63.3 Å². The number of likely N-dealkylation sites (N-methyl/N-ethyl adjacent to an activating group) is 1. The van der Waals surface area contributed by atoms with E-state index in [-0.39, 0.29) is 25.1 Å². The van der Waals surface area contributed by atoms with Crippen LogP contribution in [0, 0.1) is 0 Å². The average Bonchev–Trinajstić information content (AvgIpc) is 2.93. The van der Waals surface area contributed by atoms with Crippen molar-refractivity contribution in [3.05, 3.63) is 53.8 Å². The summed E-state index contributed by atoms with van der Waals surface area (Å²) in [7, 11) is 1.76. The molecule has 2 rings (SSSR count). The molecule has 0 aromatic heterocycles. The Hall–Kier alpha value is -3.42. The van der Waals surface area contributed by atoms with E-state index in [0.717, 1.165) is 37.9 Å². The van der Waals surface area contributed by atoms with Crippen molar-refractivity contribution in [1.82, 2.24) is 15.5 Å². The highest BCUT2D eigenvalue weighted by Gasteiger charge is 2.26. The fourth-order valence-corrected chi connectivity index (χ4v) is 3.19. The van der Waals surface area contributed by atoms with Gasteiger partial charge in [0, 0.05) is 37.5 Å². The molecule has 1 fully saturated rings. The zero-order valence-corrected chi connectivity index (χ0v) is 20.0. The molecule has 4 amide bonds. The smallest absolute Gasteiger partial charge is 0.251 e. The average molecular weight is 473 g/mol. The van der Waals surface area contributed by atoms with Gasteiger partial charge in [0.2, 0.25) is 18.2 Å². The van der Waals surface area contributed by atoms with Gasteiger partial charge in [-0.1, -0.05) is 32.6 Å². The number of nitrogens with zero attached hydrogens (tertiary/aromatic N) is 1. The summed E-state index contributed by atoms with van der Waals surface area (Å²) in [5, 5.41) is 8.00. The number of nitrogens with one attached hydrogen (secondary N) is 3. The standard InChI is InChI=1S/C15H19N3O3.C10H17NO.CH4/c1-18-9-3-2-4-13(15(18)21)17-14(20)11-5-7-12(8-6-11)16-10-19;1-4-5-6-7-8-9(2)11-10(3)12;/h5-8,10,13H,2-4,9H2,1H3,(H,16,19)(H,17,20);5-6,8H,4,7H2,1-3H3,(H,11,12);1H4/b;6-5-,9-8+;. The molecule has 0 aliphatic carbocycles. The van der Waals surface area contributed by atoms with E-state index in [9.17, 15) is 19.2 Å². The SMILES string of the molecule is C.CC/C=C\C/C=C(\C)NC(C)=O.CN1CCCCC(NC(=O)c2ccc(NC=O)cc2)C1=O. The molecule has 0 bridgehead atoms. The van der Waals surface area contributed by atoms with Crippen molar-refractivity contribution in [1.29, 1.82) is 0 Å². The molecule has 1 aliphatic heterocycles. The lowest BCUT2D eigenvalue weighted by Gasteiger charge is -2.20. The lowest BCUT2D eigenvalue weighted by atomic mass is 10.1. The van der Waals surface area contributed by atoms with E-state index < -0.39 is 6.04 Å². The molecule has 188 valence electrons. The van der Waals surface area contributed by atoms with Gasteiger partial charge in [-0.15, -0.1) is 0 Å². The molecule has 0 radical (unpaired) electrons. The van der Waals surface area contributed by atoms with Crippen LogP contribution >= 0.6 is 0 Å². The minimum Gasteiger partial charge on any atom is -0.344 e. The van der Waals surface area contributed by atoms with Crippen molar-refractivity contribution in [2.24, 2.45) is 0 Å². The predicted molar refractivity (Wildman–Crippen MR) is 137 cm³/mol. The summed E-state index contributed by atoms with van der Waals surface area (Å²) < 4.78 is 0. The largest absolute Gasteiger partial charge is 0.344 e. The van der Waals surface area contributed by atoms with Crippen LogP contribution in [0.3, 0.4) is 0 Å². The summed E-state index contributed by atoms with van der Waals surface area (Å²) in [6.45, 7) is 6.23. The molecule has 8 nitrogen and oxygen atoms in total. The predicted octanol–water partition coefficient (Wildman–Crippen LogP) is 4.01. The van der Waals surface area contributed by atoms with Gasteiger partial charge in [0.15, 0.2) is 0 Å². The summed E-state index contributed by atoms with van der Waals surface area (Å²) in [6.07, 6.45) is 11.3. The zero-order chi connectivity index (χ0) is 24.6. The molecule has 1 unspecified atom stereocenters. The van der Waals surface area contributed by atoms with E-state index in [1.54, 1.807) is 36.2 Å². The third kappa shape index (κ3) is 12.0. The van der Waals surface area contributed by atoms with Crippen molar-refractivity contribution in [2.75, 3.05) is 18.9 Å². The van der Waals surface area contributed by atoms with E-state index in [2.05, 4.69) is 35.0 Å². The molecule has 1 aromatic rings.